The van der Waals surface area contributed by atoms with E-state index >= 15 is 0 Å². The van der Waals surface area contributed by atoms with Crippen molar-refractivity contribution in [3.8, 4) is 0 Å². The molecule has 1 aromatic heterocycles. The normalized spacial score (nSPS) is 11.6. The Labute approximate surface area is 173 Å². The van der Waals surface area contributed by atoms with E-state index in [1.807, 2.05) is 38.1 Å². The van der Waals surface area contributed by atoms with Crippen molar-refractivity contribution in [1.29, 1.82) is 0 Å². The average molecular weight is 432 g/mol. The summed E-state index contributed by atoms with van der Waals surface area (Å²) in [7, 11) is -2.49. The smallest absolute Gasteiger partial charge is 0.272 e. The molecule has 9 heteroatoms. The minimum Gasteiger partial charge on any atom is -0.272 e. The SMILES string of the molecule is Cc1ccc(S(=O)(=O)N(C)CC(=O)NNC(=O)c2sc3ccccc3c2C)cc1. The van der Waals surface area contributed by atoms with Gasteiger partial charge in [0.05, 0.1) is 16.3 Å². The van der Waals surface area contributed by atoms with Crippen molar-refractivity contribution in [1.82, 2.24) is 15.2 Å². The number of benzene rings is 2. The summed E-state index contributed by atoms with van der Waals surface area (Å²) < 4.78 is 27.0. The first-order valence-corrected chi connectivity index (χ1v) is 11.1. The molecular formula is C20H21N3O4S2. The second-order valence-corrected chi connectivity index (χ2v) is 9.73. The molecule has 0 radical (unpaired) electrons. The monoisotopic (exact) mass is 431 g/mol. The van der Waals surface area contributed by atoms with Gasteiger partial charge in [0.1, 0.15) is 0 Å². The summed E-state index contributed by atoms with van der Waals surface area (Å²) >= 11 is 1.33. The van der Waals surface area contributed by atoms with Crippen molar-refractivity contribution >= 4 is 43.3 Å². The molecule has 0 atom stereocenters. The zero-order valence-corrected chi connectivity index (χ0v) is 17.9. The van der Waals surface area contributed by atoms with Crippen LogP contribution in [0.5, 0.6) is 0 Å². The second kappa shape index (κ2) is 8.32. The summed E-state index contributed by atoms with van der Waals surface area (Å²) in [5, 5.41) is 0.984. The standard InChI is InChI=1S/C20H21N3O4S2/c1-13-8-10-15(11-9-13)29(26,27)23(3)12-18(24)21-22-20(25)19-14(2)16-6-4-5-7-17(16)28-19/h4-11H,12H2,1-3H3,(H,21,24)(H,22,25). The Morgan fingerprint density at radius 1 is 1.00 bits per heavy atom. The molecule has 0 unspecified atom stereocenters. The molecule has 7 nitrogen and oxygen atoms in total. The van der Waals surface area contributed by atoms with Crippen LogP contribution in [0.4, 0.5) is 0 Å². The van der Waals surface area contributed by atoms with Gasteiger partial charge < -0.3 is 0 Å². The molecule has 0 aliphatic carbocycles. The van der Waals surface area contributed by atoms with Gasteiger partial charge in [0.15, 0.2) is 0 Å². The summed E-state index contributed by atoms with van der Waals surface area (Å²) in [6.45, 7) is 3.27. The fourth-order valence-electron chi connectivity index (χ4n) is 2.79. The molecule has 2 N–H and O–H groups in total. The number of nitrogens with zero attached hydrogens (tertiary/aromatic N) is 1. The predicted molar refractivity (Wildman–Crippen MR) is 113 cm³/mol. The number of thiophene rings is 1. The van der Waals surface area contributed by atoms with E-state index in [2.05, 4.69) is 10.9 Å². The van der Waals surface area contributed by atoms with Crippen LogP contribution in [0.3, 0.4) is 0 Å². The molecule has 0 bridgehead atoms. The van der Waals surface area contributed by atoms with Gasteiger partial charge in [-0.1, -0.05) is 35.9 Å². The van der Waals surface area contributed by atoms with Crippen LogP contribution in [-0.2, 0) is 14.8 Å². The van der Waals surface area contributed by atoms with Crippen molar-refractivity contribution < 1.29 is 18.0 Å². The van der Waals surface area contributed by atoms with Gasteiger partial charge in [0.25, 0.3) is 11.8 Å². The van der Waals surface area contributed by atoms with Crippen LogP contribution in [0.1, 0.15) is 20.8 Å². The van der Waals surface area contributed by atoms with Crippen molar-refractivity contribution in [2.75, 3.05) is 13.6 Å². The topological polar surface area (TPSA) is 95.6 Å². The van der Waals surface area contributed by atoms with Gasteiger partial charge in [0.2, 0.25) is 10.0 Å². The number of fused-ring (bicyclic) bond motifs is 1. The fourth-order valence-corrected chi connectivity index (χ4v) is 5.02. The first kappa shape index (κ1) is 21.0. The highest BCUT2D eigenvalue weighted by atomic mass is 32.2. The molecule has 152 valence electrons. The first-order chi connectivity index (χ1) is 13.7. The minimum absolute atomic E-state index is 0.100. The van der Waals surface area contributed by atoms with E-state index < -0.39 is 28.4 Å². The van der Waals surface area contributed by atoms with Crippen LogP contribution in [0, 0.1) is 13.8 Å². The highest BCUT2D eigenvalue weighted by molar-refractivity contribution is 7.89. The zero-order valence-electron chi connectivity index (χ0n) is 16.2. The highest BCUT2D eigenvalue weighted by Gasteiger charge is 2.23. The highest BCUT2D eigenvalue weighted by Crippen LogP contribution is 2.30. The van der Waals surface area contributed by atoms with Crippen LogP contribution in [-0.4, -0.2) is 38.1 Å². The third-order valence-corrected chi connectivity index (χ3v) is 7.55. The lowest BCUT2D eigenvalue weighted by atomic mass is 10.1. The van der Waals surface area contributed by atoms with Gasteiger partial charge >= 0.3 is 0 Å². The van der Waals surface area contributed by atoms with E-state index in [1.165, 1.54) is 30.5 Å². The van der Waals surface area contributed by atoms with Crippen LogP contribution < -0.4 is 10.9 Å². The molecule has 0 fully saturated rings. The van der Waals surface area contributed by atoms with Crippen molar-refractivity contribution in [2.45, 2.75) is 18.7 Å². The van der Waals surface area contributed by atoms with Crippen LogP contribution in [0.25, 0.3) is 10.1 Å². The third-order valence-electron chi connectivity index (χ3n) is 4.46. The number of aryl methyl sites for hydroxylation is 2. The minimum atomic E-state index is -3.80. The third kappa shape index (κ3) is 4.47. The summed E-state index contributed by atoms with van der Waals surface area (Å²) in [5.41, 5.74) is 6.40. The largest absolute Gasteiger partial charge is 0.280 e. The Bertz CT molecular complexity index is 1170. The number of likely N-dealkylation sites (N-methyl/N-ethyl adjacent to an activating group) is 1. The number of carbonyl (C=O) groups excluding carboxylic acids is 2. The number of carbonyl (C=O) groups is 2. The molecule has 0 aliphatic rings. The van der Waals surface area contributed by atoms with Gasteiger partial charge in [-0.15, -0.1) is 11.3 Å². The van der Waals surface area contributed by atoms with Crippen LogP contribution in [0.2, 0.25) is 0 Å². The number of hydrazine groups is 1. The molecule has 3 aromatic rings. The lowest BCUT2D eigenvalue weighted by Crippen LogP contribution is -2.46. The summed E-state index contributed by atoms with van der Waals surface area (Å²) in [6.07, 6.45) is 0. The van der Waals surface area contributed by atoms with Crippen LogP contribution in [0.15, 0.2) is 53.4 Å². The summed E-state index contributed by atoms with van der Waals surface area (Å²) in [5.74, 6) is -1.09. The Hall–Kier alpha value is -2.75. The number of hydrogen-bond donors (Lipinski definition) is 2. The number of amides is 2. The molecule has 29 heavy (non-hydrogen) atoms. The van der Waals surface area contributed by atoms with Crippen molar-refractivity contribution in [3.63, 3.8) is 0 Å². The number of rotatable bonds is 5. The summed E-state index contributed by atoms with van der Waals surface area (Å²) in [4.78, 5) is 25.2. The van der Waals surface area contributed by atoms with E-state index in [4.69, 9.17) is 0 Å². The molecule has 0 saturated heterocycles. The van der Waals surface area contributed by atoms with Gasteiger partial charge in [-0.25, -0.2) is 8.42 Å². The number of nitrogens with one attached hydrogen (secondary N) is 2. The number of hydrogen-bond acceptors (Lipinski definition) is 5. The first-order valence-electron chi connectivity index (χ1n) is 8.80. The van der Waals surface area contributed by atoms with Crippen molar-refractivity contribution in [2.24, 2.45) is 0 Å². The van der Waals surface area contributed by atoms with E-state index in [9.17, 15) is 18.0 Å². The molecular weight excluding hydrogens is 410 g/mol. The Kier molecular flexibility index (Phi) is 6.02. The molecule has 0 aliphatic heterocycles. The molecule has 0 saturated carbocycles. The maximum absolute atomic E-state index is 12.5. The molecule has 2 aromatic carbocycles. The van der Waals surface area contributed by atoms with Crippen molar-refractivity contribution in [3.05, 3.63) is 64.5 Å². The van der Waals surface area contributed by atoms with Gasteiger partial charge in [-0.2, -0.15) is 4.31 Å². The zero-order chi connectivity index (χ0) is 21.2. The number of sulfonamides is 1. The Balaban J connectivity index is 1.62. The molecule has 0 spiro atoms. The Morgan fingerprint density at radius 2 is 1.66 bits per heavy atom. The molecule has 2 amide bonds. The quantitative estimate of drug-likeness (QED) is 0.607. The van der Waals surface area contributed by atoms with Gasteiger partial charge in [-0.05, 0) is 43.0 Å². The molecule has 1 heterocycles. The maximum atomic E-state index is 12.5. The lowest BCUT2D eigenvalue weighted by Gasteiger charge is -2.17. The van der Waals surface area contributed by atoms with Crippen LogP contribution >= 0.6 is 11.3 Å². The maximum Gasteiger partial charge on any atom is 0.280 e. The predicted octanol–water partition coefficient (Wildman–Crippen LogP) is 2.60. The summed E-state index contributed by atoms with van der Waals surface area (Å²) in [6, 6.07) is 14.0. The van der Waals surface area contributed by atoms with E-state index in [0.717, 1.165) is 25.5 Å². The molecule has 3 rings (SSSR count). The van der Waals surface area contributed by atoms with E-state index in [0.29, 0.717) is 4.88 Å². The van der Waals surface area contributed by atoms with E-state index in [-0.39, 0.29) is 4.90 Å². The van der Waals surface area contributed by atoms with Gasteiger partial charge in [0, 0.05) is 11.7 Å². The van der Waals surface area contributed by atoms with E-state index in [1.54, 1.807) is 12.1 Å². The van der Waals surface area contributed by atoms with Gasteiger partial charge in [-0.3, -0.25) is 20.4 Å². The second-order valence-electron chi connectivity index (χ2n) is 6.63. The average Bonchev–Trinajstić information content (AvgIpc) is 3.03. The fraction of sp³-hybridized carbons (Fsp3) is 0.200. The lowest BCUT2D eigenvalue weighted by molar-refractivity contribution is -0.121. The Morgan fingerprint density at radius 3 is 2.31 bits per heavy atom.